The quantitative estimate of drug-likeness (QED) is 0.844. The van der Waals surface area contributed by atoms with Crippen LogP contribution in [-0.4, -0.2) is 19.5 Å². The van der Waals surface area contributed by atoms with E-state index in [0.29, 0.717) is 11.6 Å². The Hall–Kier alpha value is -1.91. The second kappa shape index (κ2) is 4.30. The maximum absolute atomic E-state index is 5.77. The molecule has 0 unspecified atom stereocenters. The Morgan fingerprint density at radius 3 is 2.81 bits per heavy atom. The molecular weight excluding hydrogens is 202 g/mol. The van der Waals surface area contributed by atoms with Gasteiger partial charge in [-0.1, -0.05) is 13.3 Å². The zero-order valence-electron chi connectivity index (χ0n) is 9.51. The molecule has 0 spiro atoms. The average molecular weight is 217 g/mol. The lowest BCUT2D eigenvalue weighted by molar-refractivity contribution is 0.864. The van der Waals surface area contributed by atoms with E-state index in [0.717, 1.165) is 24.2 Å². The molecule has 0 aromatic carbocycles. The van der Waals surface area contributed by atoms with Crippen molar-refractivity contribution in [1.29, 1.82) is 0 Å². The molecule has 5 nitrogen and oxygen atoms in total. The number of imidazole rings is 1. The van der Waals surface area contributed by atoms with E-state index in [1.54, 1.807) is 12.5 Å². The molecule has 2 rings (SSSR count). The minimum Gasteiger partial charge on any atom is -0.384 e. The highest BCUT2D eigenvalue weighted by Gasteiger charge is 2.08. The first-order valence-electron chi connectivity index (χ1n) is 5.31. The van der Waals surface area contributed by atoms with Crippen LogP contribution in [0.3, 0.4) is 0 Å². The number of hydrogen-bond acceptors (Lipinski definition) is 4. The molecule has 0 fully saturated rings. The van der Waals surface area contributed by atoms with Gasteiger partial charge in [-0.2, -0.15) is 0 Å². The molecule has 2 heterocycles. The number of hydrogen-bond donors (Lipinski definition) is 1. The van der Waals surface area contributed by atoms with Crippen molar-refractivity contribution in [2.45, 2.75) is 19.8 Å². The van der Waals surface area contributed by atoms with E-state index in [1.165, 1.54) is 0 Å². The highest BCUT2D eigenvalue weighted by atomic mass is 15.1. The van der Waals surface area contributed by atoms with Crippen molar-refractivity contribution in [2.75, 3.05) is 5.73 Å². The average Bonchev–Trinajstić information content (AvgIpc) is 2.64. The van der Waals surface area contributed by atoms with Crippen LogP contribution in [0.5, 0.6) is 0 Å². The molecule has 2 N–H and O–H groups in total. The molecular formula is C11H15N5. The van der Waals surface area contributed by atoms with E-state index in [-0.39, 0.29) is 0 Å². The van der Waals surface area contributed by atoms with Crippen molar-refractivity contribution in [2.24, 2.45) is 7.05 Å². The van der Waals surface area contributed by atoms with Gasteiger partial charge in [0, 0.05) is 18.8 Å². The van der Waals surface area contributed by atoms with Crippen LogP contribution >= 0.6 is 0 Å². The van der Waals surface area contributed by atoms with Crippen molar-refractivity contribution >= 4 is 5.82 Å². The fourth-order valence-corrected chi connectivity index (χ4v) is 1.59. The molecule has 2 aromatic rings. The molecule has 0 radical (unpaired) electrons. The van der Waals surface area contributed by atoms with E-state index in [4.69, 9.17) is 5.73 Å². The Bertz CT molecular complexity index is 489. The van der Waals surface area contributed by atoms with Gasteiger partial charge in [0.25, 0.3) is 0 Å². The zero-order valence-corrected chi connectivity index (χ0v) is 9.51. The van der Waals surface area contributed by atoms with Gasteiger partial charge in [-0.3, -0.25) is 0 Å². The lowest BCUT2D eigenvalue weighted by atomic mass is 10.2. The molecule has 0 saturated heterocycles. The summed E-state index contributed by atoms with van der Waals surface area (Å²) in [5, 5.41) is 0. The third-order valence-corrected chi connectivity index (χ3v) is 2.35. The first kappa shape index (κ1) is 10.6. The Morgan fingerprint density at radius 2 is 2.19 bits per heavy atom. The number of aromatic nitrogens is 4. The van der Waals surface area contributed by atoms with Crippen molar-refractivity contribution in [3.8, 4) is 11.5 Å². The number of nitrogens with two attached hydrogens (primary N) is 1. The van der Waals surface area contributed by atoms with Gasteiger partial charge in [0.1, 0.15) is 11.5 Å². The van der Waals surface area contributed by atoms with Crippen molar-refractivity contribution < 1.29 is 0 Å². The summed E-state index contributed by atoms with van der Waals surface area (Å²) >= 11 is 0. The molecule has 0 bridgehead atoms. The zero-order chi connectivity index (χ0) is 11.5. The Morgan fingerprint density at radius 1 is 1.38 bits per heavy atom. The molecule has 0 aliphatic carbocycles. The van der Waals surface area contributed by atoms with E-state index in [9.17, 15) is 0 Å². The molecule has 2 aromatic heterocycles. The van der Waals surface area contributed by atoms with Crippen LogP contribution in [0.15, 0.2) is 18.6 Å². The SMILES string of the molecule is CCCc1cc(N)nc(-c2cncn2C)n1. The fraction of sp³-hybridized carbons (Fsp3) is 0.364. The summed E-state index contributed by atoms with van der Waals surface area (Å²) in [6.45, 7) is 2.11. The van der Waals surface area contributed by atoms with Crippen LogP contribution in [0.25, 0.3) is 11.5 Å². The monoisotopic (exact) mass is 217 g/mol. The summed E-state index contributed by atoms with van der Waals surface area (Å²) in [6.07, 6.45) is 5.42. The van der Waals surface area contributed by atoms with Gasteiger partial charge in [-0.15, -0.1) is 0 Å². The summed E-state index contributed by atoms with van der Waals surface area (Å²) < 4.78 is 1.88. The van der Waals surface area contributed by atoms with Crippen LogP contribution in [0.2, 0.25) is 0 Å². The largest absolute Gasteiger partial charge is 0.384 e. The molecule has 0 aliphatic heterocycles. The molecule has 0 atom stereocenters. The van der Waals surface area contributed by atoms with Gasteiger partial charge >= 0.3 is 0 Å². The minimum absolute atomic E-state index is 0.509. The van der Waals surface area contributed by atoms with Gasteiger partial charge < -0.3 is 10.3 Å². The lowest BCUT2D eigenvalue weighted by Gasteiger charge is -2.05. The molecule has 0 aliphatic rings. The number of nitrogens with zero attached hydrogens (tertiary/aromatic N) is 4. The summed E-state index contributed by atoms with van der Waals surface area (Å²) in [4.78, 5) is 12.7. The third-order valence-electron chi connectivity index (χ3n) is 2.35. The fourth-order valence-electron chi connectivity index (χ4n) is 1.59. The van der Waals surface area contributed by atoms with E-state index in [1.807, 2.05) is 17.7 Å². The Labute approximate surface area is 94.4 Å². The highest BCUT2D eigenvalue weighted by Crippen LogP contribution is 2.16. The van der Waals surface area contributed by atoms with Crippen molar-refractivity contribution in [1.82, 2.24) is 19.5 Å². The molecule has 84 valence electrons. The van der Waals surface area contributed by atoms with Crippen molar-refractivity contribution in [3.63, 3.8) is 0 Å². The summed E-state index contributed by atoms with van der Waals surface area (Å²) in [5.41, 5.74) is 7.62. The van der Waals surface area contributed by atoms with Gasteiger partial charge in [-0.05, 0) is 6.42 Å². The second-order valence-corrected chi connectivity index (χ2v) is 3.75. The van der Waals surface area contributed by atoms with Crippen molar-refractivity contribution in [3.05, 3.63) is 24.3 Å². The van der Waals surface area contributed by atoms with Crippen LogP contribution in [0.1, 0.15) is 19.0 Å². The number of rotatable bonds is 3. The van der Waals surface area contributed by atoms with Crippen LogP contribution in [-0.2, 0) is 13.5 Å². The maximum atomic E-state index is 5.77. The smallest absolute Gasteiger partial charge is 0.180 e. The summed E-state index contributed by atoms with van der Waals surface area (Å²) in [7, 11) is 1.91. The van der Waals surface area contributed by atoms with Crippen LogP contribution < -0.4 is 5.73 Å². The number of nitrogen functional groups attached to an aromatic ring is 1. The van der Waals surface area contributed by atoms with Crippen LogP contribution in [0, 0.1) is 0 Å². The normalized spacial score (nSPS) is 10.6. The maximum Gasteiger partial charge on any atom is 0.180 e. The number of anilines is 1. The molecule has 16 heavy (non-hydrogen) atoms. The second-order valence-electron chi connectivity index (χ2n) is 3.75. The highest BCUT2D eigenvalue weighted by molar-refractivity contribution is 5.51. The standard InChI is InChI=1S/C11H15N5/c1-3-4-8-5-10(12)15-11(14-8)9-6-13-7-16(9)2/h5-7H,3-4H2,1-2H3,(H2,12,14,15). The Balaban J connectivity index is 2.45. The van der Waals surface area contributed by atoms with E-state index in [2.05, 4.69) is 21.9 Å². The molecule has 0 saturated carbocycles. The van der Waals surface area contributed by atoms with Crippen LogP contribution in [0.4, 0.5) is 5.82 Å². The predicted molar refractivity (Wildman–Crippen MR) is 62.6 cm³/mol. The topological polar surface area (TPSA) is 69.6 Å². The number of aryl methyl sites for hydroxylation is 2. The summed E-state index contributed by atoms with van der Waals surface area (Å²) in [5.74, 6) is 1.15. The summed E-state index contributed by atoms with van der Waals surface area (Å²) in [6, 6.07) is 1.82. The van der Waals surface area contributed by atoms with E-state index < -0.39 is 0 Å². The first-order chi connectivity index (χ1) is 7.70. The molecule has 0 amide bonds. The van der Waals surface area contributed by atoms with Gasteiger partial charge in [0.05, 0.1) is 12.5 Å². The Kier molecular flexibility index (Phi) is 2.85. The molecule has 5 heteroatoms. The van der Waals surface area contributed by atoms with Gasteiger partial charge in [0.2, 0.25) is 0 Å². The lowest BCUT2D eigenvalue weighted by Crippen LogP contribution is -2.02. The predicted octanol–water partition coefficient (Wildman–Crippen LogP) is 1.41. The van der Waals surface area contributed by atoms with Gasteiger partial charge in [0.15, 0.2) is 5.82 Å². The minimum atomic E-state index is 0.509. The first-order valence-corrected chi connectivity index (χ1v) is 5.31. The third kappa shape index (κ3) is 2.03. The van der Waals surface area contributed by atoms with E-state index >= 15 is 0 Å². The van der Waals surface area contributed by atoms with Gasteiger partial charge in [-0.25, -0.2) is 15.0 Å².